The van der Waals surface area contributed by atoms with Gasteiger partial charge in [-0.1, -0.05) is 0 Å². The molecule has 2 aromatic heterocycles. The van der Waals surface area contributed by atoms with Gasteiger partial charge in [-0.3, -0.25) is 20.0 Å². The molecule has 8 nitrogen and oxygen atoms in total. The van der Waals surface area contributed by atoms with E-state index in [-0.39, 0.29) is 30.4 Å². The van der Waals surface area contributed by atoms with Gasteiger partial charge in [-0.2, -0.15) is 13.9 Å². The number of thiazole rings is 1. The van der Waals surface area contributed by atoms with Crippen LogP contribution in [0, 0.1) is 0 Å². The SMILES string of the molecule is CCOC(=O)Cc1csc(NC(=O)c2cc(-c3ccc(OC(F)F)cc3)n[nH]2)n1. The molecule has 0 atom stereocenters. The van der Waals surface area contributed by atoms with E-state index in [2.05, 4.69) is 25.2 Å². The highest BCUT2D eigenvalue weighted by atomic mass is 32.1. The summed E-state index contributed by atoms with van der Waals surface area (Å²) >= 11 is 1.18. The van der Waals surface area contributed by atoms with Gasteiger partial charge in [0.25, 0.3) is 5.91 Å². The number of hydrogen-bond acceptors (Lipinski definition) is 7. The van der Waals surface area contributed by atoms with Crippen LogP contribution in [0.4, 0.5) is 13.9 Å². The summed E-state index contributed by atoms with van der Waals surface area (Å²) in [6.45, 7) is -0.893. The summed E-state index contributed by atoms with van der Waals surface area (Å²) in [7, 11) is 0. The van der Waals surface area contributed by atoms with E-state index >= 15 is 0 Å². The van der Waals surface area contributed by atoms with Crippen molar-refractivity contribution >= 4 is 28.3 Å². The number of anilines is 1. The van der Waals surface area contributed by atoms with Crippen LogP contribution in [-0.2, 0) is 16.0 Å². The third-order valence-electron chi connectivity index (χ3n) is 3.60. The largest absolute Gasteiger partial charge is 0.466 e. The van der Waals surface area contributed by atoms with Gasteiger partial charge in [0, 0.05) is 10.9 Å². The van der Waals surface area contributed by atoms with Crippen molar-refractivity contribution in [2.75, 3.05) is 11.9 Å². The zero-order valence-electron chi connectivity index (χ0n) is 15.1. The number of amides is 1. The molecule has 11 heteroatoms. The van der Waals surface area contributed by atoms with E-state index in [1.165, 1.54) is 29.5 Å². The van der Waals surface area contributed by atoms with Crippen molar-refractivity contribution in [3.63, 3.8) is 0 Å². The van der Waals surface area contributed by atoms with Crippen molar-refractivity contribution < 1.29 is 27.8 Å². The van der Waals surface area contributed by atoms with E-state index in [0.717, 1.165) is 0 Å². The molecule has 3 rings (SSSR count). The van der Waals surface area contributed by atoms with Gasteiger partial charge in [-0.25, -0.2) is 4.98 Å². The quantitative estimate of drug-likeness (QED) is 0.538. The van der Waals surface area contributed by atoms with E-state index in [0.29, 0.717) is 22.1 Å². The molecule has 0 spiro atoms. The number of halogens is 2. The first kappa shape index (κ1) is 20.4. The average molecular weight is 422 g/mol. The summed E-state index contributed by atoms with van der Waals surface area (Å²) in [5, 5.41) is 11.3. The predicted octanol–water partition coefficient (Wildman–Crippen LogP) is 3.49. The summed E-state index contributed by atoms with van der Waals surface area (Å²) in [5.74, 6) is -0.822. The third-order valence-corrected chi connectivity index (χ3v) is 4.41. The second kappa shape index (κ2) is 9.24. The Kier molecular flexibility index (Phi) is 6.50. The van der Waals surface area contributed by atoms with Crippen molar-refractivity contribution in [3.05, 3.63) is 47.1 Å². The fraction of sp³-hybridized carbons (Fsp3) is 0.222. The molecule has 0 radical (unpaired) electrons. The van der Waals surface area contributed by atoms with Gasteiger partial charge in [0.15, 0.2) is 5.13 Å². The monoisotopic (exact) mass is 422 g/mol. The molecule has 152 valence electrons. The topological polar surface area (TPSA) is 106 Å². The Balaban J connectivity index is 1.62. The van der Waals surface area contributed by atoms with Gasteiger partial charge in [-0.05, 0) is 37.3 Å². The maximum absolute atomic E-state index is 12.4. The lowest BCUT2D eigenvalue weighted by molar-refractivity contribution is -0.142. The van der Waals surface area contributed by atoms with Crippen LogP contribution in [0.3, 0.4) is 0 Å². The van der Waals surface area contributed by atoms with Gasteiger partial charge in [-0.15, -0.1) is 11.3 Å². The number of ether oxygens (including phenoxy) is 2. The summed E-state index contributed by atoms with van der Waals surface area (Å²) < 4.78 is 33.6. The van der Waals surface area contributed by atoms with Crippen LogP contribution >= 0.6 is 11.3 Å². The number of carbonyl (C=O) groups is 2. The molecule has 0 saturated carbocycles. The number of H-pyrrole nitrogens is 1. The summed E-state index contributed by atoms with van der Waals surface area (Å²) in [5.41, 5.74) is 1.77. The number of rotatable bonds is 8. The highest BCUT2D eigenvalue weighted by Gasteiger charge is 2.15. The summed E-state index contributed by atoms with van der Waals surface area (Å²) in [6.07, 6.45) is 0.0275. The van der Waals surface area contributed by atoms with E-state index in [9.17, 15) is 18.4 Å². The highest BCUT2D eigenvalue weighted by molar-refractivity contribution is 7.14. The number of carbonyl (C=O) groups excluding carboxylic acids is 2. The minimum Gasteiger partial charge on any atom is -0.466 e. The molecule has 2 heterocycles. The Labute approximate surface area is 167 Å². The Morgan fingerprint density at radius 1 is 1.28 bits per heavy atom. The smallest absolute Gasteiger partial charge is 0.387 e. The molecular formula is C18H16F2N4O4S. The maximum atomic E-state index is 12.4. The summed E-state index contributed by atoms with van der Waals surface area (Å²) in [6, 6.07) is 7.40. The first-order valence-electron chi connectivity index (χ1n) is 8.46. The molecule has 0 aliphatic rings. The average Bonchev–Trinajstić information content (AvgIpc) is 3.32. The number of esters is 1. The zero-order chi connectivity index (χ0) is 20.8. The molecular weight excluding hydrogens is 406 g/mol. The lowest BCUT2D eigenvalue weighted by Crippen LogP contribution is -2.12. The minimum atomic E-state index is -2.90. The van der Waals surface area contributed by atoms with Crippen LogP contribution in [0.25, 0.3) is 11.3 Å². The minimum absolute atomic E-state index is 0.0274. The first-order chi connectivity index (χ1) is 13.9. The molecule has 1 aromatic carbocycles. The Hall–Kier alpha value is -3.34. The van der Waals surface area contributed by atoms with Crippen LogP contribution in [0.1, 0.15) is 23.1 Å². The maximum Gasteiger partial charge on any atom is 0.387 e. The van der Waals surface area contributed by atoms with Crippen LogP contribution in [0.2, 0.25) is 0 Å². The number of alkyl halides is 2. The molecule has 0 saturated heterocycles. The fourth-order valence-electron chi connectivity index (χ4n) is 2.36. The van der Waals surface area contributed by atoms with Crippen molar-refractivity contribution in [2.45, 2.75) is 20.0 Å². The Morgan fingerprint density at radius 2 is 2.03 bits per heavy atom. The second-order valence-corrected chi connectivity index (χ2v) is 6.51. The van der Waals surface area contributed by atoms with E-state index in [4.69, 9.17) is 4.74 Å². The van der Waals surface area contributed by atoms with Crippen molar-refractivity contribution in [1.29, 1.82) is 0 Å². The van der Waals surface area contributed by atoms with Crippen LogP contribution < -0.4 is 10.1 Å². The van der Waals surface area contributed by atoms with Gasteiger partial charge < -0.3 is 9.47 Å². The second-order valence-electron chi connectivity index (χ2n) is 5.65. The normalized spacial score (nSPS) is 10.8. The number of nitrogens with zero attached hydrogens (tertiary/aromatic N) is 2. The van der Waals surface area contributed by atoms with Gasteiger partial charge in [0.1, 0.15) is 11.4 Å². The van der Waals surface area contributed by atoms with Crippen molar-refractivity contribution in [1.82, 2.24) is 15.2 Å². The standard InChI is InChI=1S/C18H16F2N4O4S/c1-2-27-15(25)7-11-9-29-18(21-11)22-16(26)14-8-13(23-24-14)10-3-5-12(6-4-10)28-17(19)20/h3-6,8-9,17H,2,7H2,1H3,(H,23,24)(H,21,22,26). The zero-order valence-corrected chi connectivity index (χ0v) is 16.0. The van der Waals surface area contributed by atoms with E-state index in [1.54, 1.807) is 24.4 Å². The number of benzene rings is 1. The summed E-state index contributed by atoms with van der Waals surface area (Å²) in [4.78, 5) is 28.0. The number of hydrogen-bond donors (Lipinski definition) is 2. The molecule has 0 unspecified atom stereocenters. The van der Waals surface area contributed by atoms with Gasteiger partial charge in [0.2, 0.25) is 0 Å². The molecule has 0 fully saturated rings. The molecule has 0 aliphatic carbocycles. The molecule has 2 N–H and O–H groups in total. The van der Waals surface area contributed by atoms with Crippen LogP contribution in [0.5, 0.6) is 5.75 Å². The predicted molar refractivity (Wildman–Crippen MR) is 101 cm³/mol. The fourth-order valence-corrected chi connectivity index (χ4v) is 3.07. The van der Waals surface area contributed by atoms with Gasteiger partial charge >= 0.3 is 12.6 Å². The molecule has 3 aromatic rings. The molecule has 29 heavy (non-hydrogen) atoms. The lowest BCUT2D eigenvalue weighted by atomic mass is 10.1. The number of aromatic nitrogens is 3. The molecule has 0 aliphatic heterocycles. The third kappa shape index (κ3) is 5.57. The van der Waals surface area contributed by atoms with Crippen molar-refractivity contribution in [3.8, 4) is 17.0 Å². The van der Waals surface area contributed by atoms with Gasteiger partial charge in [0.05, 0.1) is 24.4 Å². The Bertz CT molecular complexity index is 988. The van der Waals surface area contributed by atoms with E-state index < -0.39 is 12.5 Å². The number of aromatic amines is 1. The number of nitrogens with one attached hydrogen (secondary N) is 2. The molecule has 1 amide bonds. The van der Waals surface area contributed by atoms with Crippen molar-refractivity contribution in [2.24, 2.45) is 0 Å². The molecule has 0 bridgehead atoms. The lowest BCUT2D eigenvalue weighted by Gasteiger charge is -2.04. The first-order valence-corrected chi connectivity index (χ1v) is 9.34. The van der Waals surface area contributed by atoms with E-state index in [1.807, 2.05) is 0 Å². The van der Waals surface area contributed by atoms with Crippen LogP contribution in [0.15, 0.2) is 35.7 Å². The Morgan fingerprint density at radius 3 is 2.72 bits per heavy atom. The van der Waals surface area contributed by atoms with Crippen LogP contribution in [-0.4, -0.2) is 40.3 Å². The highest BCUT2D eigenvalue weighted by Crippen LogP contribution is 2.23.